The van der Waals surface area contributed by atoms with Gasteiger partial charge in [0, 0.05) is 43.4 Å². The summed E-state index contributed by atoms with van der Waals surface area (Å²) >= 11 is 0. The van der Waals surface area contributed by atoms with Gasteiger partial charge in [-0.1, -0.05) is 66.2 Å². The van der Waals surface area contributed by atoms with Crippen molar-refractivity contribution in [1.82, 2.24) is 4.98 Å². The zero-order valence-electron chi connectivity index (χ0n) is 23.2. The number of fused-ring (bicyclic) bond motifs is 1. The zero-order valence-corrected chi connectivity index (χ0v) is 25.6. The molecule has 3 nitrogen and oxygen atoms in total. The number of carbonyl (C=O) groups excluding carboxylic acids is 1. The van der Waals surface area contributed by atoms with E-state index in [1.165, 1.54) is 28.2 Å². The molecule has 1 aromatic heterocycles. The molecule has 0 saturated carbocycles. The Morgan fingerprint density at radius 2 is 1.64 bits per heavy atom. The normalized spacial score (nSPS) is 12.1. The molecule has 0 saturated heterocycles. The Hall–Kier alpha value is -2.29. The van der Waals surface area contributed by atoms with Crippen molar-refractivity contribution in [3.05, 3.63) is 76.6 Å². The van der Waals surface area contributed by atoms with Crippen LogP contribution in [-0.4, -0.2) is 15.9 Å². The van der Waals surface area contributed by atoms with E-state index in [2.05, 4.69) is 77.1 Å². The summed E-state index contributed by atoms with van der Waals surface area (Å²) in [5.74, 6) is 0.489. The van der Waals surface area contributed by atoms with Crippen molar-refractivity contribution in [3.63, 3.8) is 0 Å². The summed E-state index contributed by atoms with van der Waals surface area (Å²) in [6.07, 6.45) is 5.08. The summed E-state index contributed by atoms with van der Waals surface area (Å²) in [4.78, 5) is 16.5. The van der Waals surface area contributed by atoms with Gasteiger partial charge in [-0.25, -0.2) is 0 Å². The molecule has 0 bridgehead atoms. The molecular weight excluding hydrogens is 623 g/mol. The number of aliphatic hydroxyl groups is 1. The van der Waals surface area contributed by atoms with Gasteiger partial charge in [0.15, 0.2) is 5.78 Å². The molecule has 1 atom stereocenters. The smallest absolute Gasteiger partial charge is 0.162 e. The average Bonchev–Trinajstić information content (AvgIpc) is 2.79. The molecule has 36 heavy (non-hydrogen) atoms. The van der Waals surface area contributed by atoms with E-state index in [-0.39, 0.29) is 43.5 Å². The van der Waals surface area contributed by atoms with Gasteiger partial charge >= 0.3 is 0 Å². The number of aryl methyl sites for hydroxylation is 4. The molecule has 0 spiro atoms. The SMILES string of the molecule is CCCC(C)/C(O)=C/C(=O)C(CC)CC.Cc1[c-]c(-c2ccc3c(C)cc(C)cc3n2)cc(C)c1.[Ir]. The van der Waals surface area contributed by atoms with Gasteiger partial charge in [0.05, 0.1) is 11.3 Å². The zero-order chi connectivity index (χ0) is 26.1. The number of hydrogen-bond donors (Lipinski definition) is 1. The third kappa shape index (κ3) is 8.98. The summed E-state index contributed by atoms with van der Waals surface area (Å²) in [5.41, 5.74) is 8.07. The molecule has 3 aromatic rings. The van der Waals surface area contributed by atoms with Crippen LogP contribution in [0.4, 0.5) is 0 Å². The van der Waals surface area contributed by atoms with Crippen LogP contribution in [0.5, 0.6) is 0 Å². The number of benzene rings is 2. The number of carbonyl (C=O) groups is 1. The summed E-state index contributed by atoms with van der Waals surface area (Å²) in [6.45, 7) is 16.5. The van der Waals surface area contributed by atoms with Gasteiger partial charge in [0.2, 0.25) is 0 Å². The number of nitrogens with zero attached hydrogens (tertiary/aromatic N) is 1. The van der Waals surface area contributed by atoms with Crippen molar-refractivity contribution in [2.45, 2.75) is 81.1 Å². The molecule has 1 N–H and O–H groups in total. The first-order valence-electron chi connectivity index (χ1n) is 12.9. The third-order valence-corrected chi connectivity index (χ3v) is 6.49. The Balaban J connectivity index is 0.000000367. The fraction of sp³-hybridized carbons (Fsp3) is 0.438. The third-order valence-electron chi connectivity index (χ3n) is 6.49. The van der Waals surface area contributed by atoms with Gasteiger partial charge in [-0.3, -0.25) is 9.78 Å². The maximum atomic E-state index is 11.7. The van der Waals surface area contributed by atoms with Crippen molar-refractivity contribution < 1.29 is 30.0 Å². The number of rotatable bonds is 8. The minimum atomic E-state index is 0. The number of aliphatic hydroxyl groups excluding tert-OH is 1. The molecule has 0 amide bonds. The fourth-order valence-corrected chi connectivity index (χ4v) is 4.46. The molecule has 1 unspecified atom stereocenters. The van der Waals surface area contributed by atoms with Crippen LogP contribution in [-0.2, 0) is 24.9 Å². The minimum Gasteiger partial charge on any atom is -0.512 e. The van der Waals surface area contributed by atoms with Crippen LogP contribution in [0.3, 0.4) is 0 Å². The first kappa shape index (κ1) is 31.7. The second-order valence-electron chi connectivity index (χ2n) is 9.77. The standard InChI is InChI=1S/C19H18N.C13H24O2.Ir/c1-12-7-13(2)10-16(9-12)18-6-5-17-15(4)8-14(3)11-19(17)20-18;1-5-8-10(4)12(14)9-13(15)11(6-2)7-3;/h5-9,11H,1-4H3;9-11,14H,5-8H2,1-4H3;/q-1;;/b;12-9-;. The second kappa shape index (κ2) is 15.1. The van der Waals surface area contributed by atoms with Crippen LogP contribution < -0.4 is 0 Å². The molecule has 197 valence electrons. The van der Waals surface area contributed by atoms with Gasteiger partial charge in [-0.2, -0.15) is 0 Å². The topological polar surface area (TPSA) is 50.2 Å². The molecular formula is C32H42IrNO2-. The minimum absolute atomic E-state index is 0. The number of hydrogen-bond acceptors (Lipinski definition) is 3. The summed E-state index contributed by atoms with van der Waals surface area (Å²) in [5, 5.41) is 10.9. The predicted molar refractivity (Wildman–Crippen MR) is 149 cm³/mol. The van der Waals surface area contributed by atoms with Crippen molar-refractivity contribution in [1.29, 1.82) is 0 Å². The van der Waals surface area contributed by atoms with E-state index in [4.69, 9.17) is 4.98 Å². The maximum Gasteiger partial charge on any atom is 0.162 e. The van der Waals surface area contributed by atoms with E-state index in [1.807, 2.05) is 20.8 Å². The first-order chi connectivity index (χ1) is 16.6. The summed E-state index contributed by atoms with van der Waals surface area (Å²) in [6, 6.07) is 16.3. The van der Waals surface area contributed by atoms with E-state index >= 15 is 0 Å². The molecule has 0 aliphatic heterocycles. The van der Waals surface area contributed by atoms with Crippen molar-refractivity contribution in [3.8, 4) is 11.3 Å². The quantitative estimate of drug-likeness (QED) is 0.149. The predicted octanol–water partition coefficient (Wildman–Crippen LogP) is 8.80. The van der Waals surface area contributed by atoms with Gasteiger partial charge in [-0.15, -0.1) is 34.9 Å². The van der Waals surface area contributed by atoms with Crippen molar-refractivity contribution in [2.24, 2.45) is 11.8 Å². The Morgan fingerprint density at radius 1 is 1.00 bits per heavy atom. The van der Waals surface area contributed by atoms with E-state index in [9.17, 15) is 9.90 Å². The Labute approximate surface area is 231 Å². The molecule has 0 aliphatic rings. The van der Waals surface area contributed by atoms with Crippen LogP contribution >= 0.6 is 0 Å². The Morgan fingerprint density at radius 3 is 2.22 bits per heavy atom. The van der Waals surface area contributed by atoms with Crippen LogP contribution in [0.2, 0.25) is 0 Å². The van der Waals surface area contributed by atoms with Gasteiger partial charge in [-0.05, 0) is 56.0 Å². The van der Waals surface area contributed by atoms with Crippen molar-refractivity contribution in [2.75, 3.05) is 0 Å². The Bertz CT molecular complexity index is 1160. The molecule has 4 heteroatoms. The molecule has 0 aliphatic carbocycles. The molecule has 1 radical (unpaired) electrons. The number of pyridine rings is 1. The fourth-order valence-electron chi connectivity index (χ4n) is 4.46. The molecule has 2 aromatic carbocycles. The monoisotopic (exact) mass is 665 g/mol. The average molecular weight is 665 g/mol. The molecule has 1 heterocycles. The second-order valence-corrected chi connectivity index (χ2v) is 9.77. The van der Waals surface area contributed by atoms with Crippen molar-refractivity contribution >= 4 is 16.7 Å². The van der Waals surface area contributed by atoms with Crippen LogP contribution in [0.15, 0.2) is 48.2 Å². The summed E-state index contributed by atoms with van der Waals surface area (Å²) < 4.78 is 0. The summed E-state index contributed by atoms with van der Waals surface area (Å²) in [7, 11) is 0. The van der Waals surface area contributed by atoms with E-state index in [0.29, 0.717) is 0 Å². The van der Waals surface area contributed by atoms with Gasteiger partial charge in [0.1, 0.15) is 0 Å². The largest absolute Gasteiger partial charge is 0.512 e. The first-order valence-corrected chi connectivity index (χ1v) is 12.9. The van der Waals surface area contributed by atoms with Crippen LogP contribution in [0.25, 0.3) is 22.2 Å². The van der Waals surface area contributed by atoms with Crippen LogP contribution in [0, 0.1) is 45.6 Å². The van der Waals surface area contributed by atoms with Gasteiger partial charge in [0.25, 0.3) is 0 Å². The van der Waals surface area contributed by atoms with Crippen LogP contribution in [0.1, 0.15) is 75.6 Å². The Kier molecular flexibility index (Phi) is 13.3. The van der Waals surface area contributed by atoms with Gasteiger partial charge < -0.3 is 5.11 Å². The molecule has 3 rings (SSSR count). The number of allylic oxidation sites excluding steroid dienone is 2. The number of aromatic nitrogens is 1. The number of ketones is 1. The van der Waals surface area contributed by atoms with E-state index < -0.39 is 0 Å². The van der Waals surface area contributed by atoms with E-state index in [1.54, 1.807) is 0 Å². The maximum absolute atomic E-state index is 11.7. The van der Waals surface area contributed by atoms with E-state index in [0.717, 1.165) is 48.0 Å². The molecule has 0 fully saturated rings.